The van der Waals surface area contributed by atoms with E-state index in [-0.39, 0.29) is 30.4 Å². The number of halogens is 3. The van der Waals surface area contributed by atoms with Crippen LogP contribution in [0.5, 0.6) is 5.88 Å². The number of nitrogens with zero attached hydrogens (tertiary/aromatic N) is 7. The summed E-state index contributed by atoms with van der Waals surface area (Å²) in [5, 5.41) is 6.96. The number of anilines is 1. The Labute approximate surface area is 231 Å². The van der Waals surface area contributed by atoms with E-state index in [4.69, 9.17) is 10.5 Å². The van der Waals surface area contributed by atoms with Crippen molar-refractivity contribution in [3.05, 3.63) is 54.5 Å². The fourth-order valence-corrected chi connectivity index (χ4v) is 5.39. The topological polar surface area (TPSA) is 146 Å². The molecule has 0 radical (unpaired) electrons. The van der Waals surface area contributed by atoms with Crippen molar-refractivity contribution in [1.82, 2.24) is 39.3 Å². The summed E-state index contributed by atoms with van der Waals surface area (Å²) in [4.78, 5) is 39.6. The summed E-state index contributed by atoms with van der Waals surface area (Å²) in [5.41, 5.74) is 8.69. The Hall–Kier alpha value is -4.69. The summed E-state index contributed by atoms with van der Waals surface area (Å²) in [6, 6.07) is 2.38. The third-order valence-electron chi connectivity index (χ3n) is 7.47. The molecule has 2 amide bonds. The van der Waals surface area contributed by atoms with E-state index in [1.165, 1.54) is 24.5 Å². The number of imidazole rings is 1. The van der Waals surface area contributed by atoms with Crippen LogP contribution in [0.15, 0.2) is 43.4 Å². The normalized spacial score (nSPS) is 20.2. The van der Waals surface area contributed by atoms with Gasteiger partial charge in [0, 0.05) is 55.0 Å². The lowest BCUT2D eigenvalue weighted by molar-refractivity contribution is -0.159. The highest BCUT2D eigenvalue weighted by Crippen LogP contribution is 2.43. The average Bonchev–Trinajstić information content (AvgIpc) is 3.67. The number of alkyl halides is 3. The fourth-order valence-electron chi connectivity index (χ4n) is 5.39. The van der Waals surface area contributed by atoms with Crippen LogP contribution in [0.25, 0.3) is 16.8 Å². The number of nitrogen functional groups attached to an aromatic ring is 1. The van der Waals surface area contributed by atoms with Crippen molar-refractivity contribution in [2.75, 3.05) is 25.9 Å². The number of aromatic nitrogens is 6. The lowest BCUT2D eigenvalue weighted by atomic mass is 9.80. The second kappa shape index (κ2) is 10.1. The lowest BCUT2D eigenvalue weighted by Crippen LogP contribution is -2.47. The molecule has 1 saturated carbocycles. The van der Waals surface area contributed by atoms with E-state index in [2.05, 4.69) is 25.4 Å². The van der Waals surface area contributed by atoms with Gasteiger partial charge in [0.1, 0.15) is 23.6 Å². The Bertz CT molecular complexity index is 1620. The van der Waals surface area contributed by atoms with Crippen molar-refractivity contribution in [3.63, 3.8) is 0 Å². The molecular weight excluding hydrogens is 543 g/mol. The summed E-state index contributed by atoms with van der Waals surface area (Å²) in [7, 11) is 1.35. The molecule has 2 aliphatic rings. The molecule has 214 valence electrons. The molecule has 15 heteroatoms. The summed E-state index contributed by atoms with van der Waals surface area (Å²) in [6.07, 6.45) is 5.31. The van der Waals surface area contributed by atoms with Gasteiger partial charge >= 0.3 is 0 Å². The van der Waals surface area contributed by atoms with Crippen LogP contribution < -0.4 is 15.8 Å². The van der Waals surface area contributed by atoms with Gasteiger partial charge in [-0.3, -0.25) is 9.59 Å². The number of pyridine rings is 1. The highest BCUT2D eigenvalue weighted by atomic mass is 19.3. The van der Waals surface area contributed by atoms with Gasteiger partial charge in [-0.25, -0.2) is 32.6 Å². The van der Waals surface area contributed by atoms with Crippen LogP contribution >= 0.6 is 0 Å². The van der Waals surface area contributed by atoms with Gasteiger partial charge in [0.15, 0.2) is 5.82 Å². The number of hydrogen-bond donors (Lipinski definition) is 2. The number of carbonyl (C=O) groups is 2. The molecule has 4 aromatic heterocycles. The van der Waals surface area contributed by atoms with Crippen molar-refractivity contribution in [3.8, 4) is 17.1 Å². The molecule has 1 aliphatic heterocycles. The molecule has 6 rings (SSSR count). The highest BCUT2D eigenvalue weighted by molar-refractivity contribution is 5.98. The maximum atomic E-state index is 14.9. The molecule has 3 N–H and O–H groups in total. The van der Waals surface area contributed by atoms with E-state index in [9.17, 15) is 22.8 Å². The fraction of sp³-hybridized carbons (Fsp3) is 0.385. The Kier molecular flexibility index (Phi) is 6.50. The number of rotatable bonds is 7. The van der Waals surface area contributed by atoms with Crippen LogP contribution in [0.4, 0.5) is 19.0 Å². The molecular formula is C26H26F3N9O3. The number of fused-ring (bicyclic) bond motifs is 1. The summed E-state index contributed by atoms with van der Waals surface area (Å²) in [5.74, 6) is -4.60. The number of nitrogens with two attached hydrogens (primary N) is 1. The predicted molar refractivity (Wildman–Crippen MR) is 139 cm³/mol. The van der Waals surface area contributed by atoms with Gasteiger partial charge in [-0.05, 0) is 12.1 Å². The molecule has 5 heterocycles. The standard InChI is InChI=1S/C26H26F3N9O3/c1-41-24-17(23(39)35-19-11-37(10-18(19)27)25(40)16-6-26(28,29)7-16)4-14(8-32-24)20-5-15(9-36-3-2-31-13-36)21-22(30)33-12-34-38(20)21/h2-5,8,12-13,16,18-19H,6-7,9-11H2,1H3,(H,35,39)(H2,30,33,34). The van der Waals surface area contributed by atoms with E-state index in [1.54, 1.807) is 29.3 Å². The van der Waals surface area contributed by atoms with Gasteiger partial charge in [-0.1, -0.05) is 0 Å². The van der Waals surface area contributed by atoms with Crippen molar-refractivity contribution < 1.29 is 27.5 Å². The van der Waals surface area contributed by atoms with Gasteiger partial charge in [-0.2, -0.15) is 5.10 Å². The van der Waals surface area contributed by atoms with Gasteiger partial charge < -0.3 is 25.3 Å². The molecule has 2 atom stereocenters. The van der Waals surface area contributed by atoms with Gasteiger partial charge in [0.2, 0.25) is 17.7 Å². The zero-order valence-electron chi connectivity index (χ0n) is 21.9. The Morgan fingerprint density at radius 3 is 2.73 bits per heavy atom. The molecule has 1 aliphatic carbocycles. The smallest absolute Gasteiger partial charge is 0.257 e. The minimum Gasteiger partial charge on any atom is -0.480 e. The molecule has 2 unspecified atom stereocenters. The Morgan fingerprint density at radius 2 is 2.02 bits per heavy atom. The van der Waals surface area contributed by atoms with Gasteiger partial charge in [-0.15, -0.1) is 0 Å². The molecule has 41 heavy (non-hydrogen) atoms. The zero-order valence-corrected chi connectivity index (χ0v) is 21.9. The van der Waals surface area contributed by atoms with Crippen LogP contribution in [-0.2, 0) is 11.3 Å². The van der Waals surface area contributed by atoms with Crippen LogP contribution in [-0.4, -0.2) is 84.2 Å². The number of methoxy groups -OCH3 is 1. The minimum absolute atomic E-state index is 0.0120. The van der Waals surface area contributed by atoms with Crippen LogP contribution in [0.1, 0.15) is 28.8 Å². The first-order valence-corrected chi connectivity index (χ1v) is 12.9. The predicted octanol–water partition coefficient (Wildman–Crippen LogP) is 1.95. The number of nitrogens with one attached hydrogen (secondary N) is 1. The first-order valence-electron chi connectivity index (χ1n) is 12.9. The molecule has 0 aromatic carbocycles. The number of amides is 2. The molecule has 2 fully saturated rings. The average molecular weight is 570 g/mol. The second-order valence-corrected chi connectivity index (χ2v) is 10.3. The number of likely N-dealkylation sites (tertiary alicyclic amines) is 1. The monoisotopic (exact) mass is 569 g/mol. The van der Waals surface area contributed by atoms with Crippen molar-refractivity contribution in [2.24, 2.45) is 5.92 Å². The SMILES string of the molecule is COc1ncc(-c2cc(Cn3ccnc3)c3c(N)ncnn23)cc1C(=O)NC1CN(C(=O)C2CC(F)(F)C2)CC1F. The Morgan fingerprint density at radius 1 is 1.22 bits per heavy atom. The first kappa shape index (κ1) is 26.5. The van der Waals surface area contributed by atoms with E-state index in [0.717, 1.165) is 5.56 Å². The third kappa shape index (κ3) is 4.91. The Balaban J connectivity index is 1.26. The zero-order chi connectivity index (χ0) is 28.9. The van der Waals surface area contributed by atoms with E-state index in [0.29, 0.717) is 23.3 Å². The maximum absolute atomic E-state index is 14.9. The molecule has 1 saturated heterocycles. The van der Waals surface area contributed by atoms with E-state index in [1.807, 2.05) is 10.6 Å². The molecule has 0 spiro atoms. The summed E-state index contributed by atoms with van der Waals surface area (Å²) >= 11 is 0. The highest BCUT2D eigenvalue weighted by Gasteiger charge is 2.51. The second-order valence-electron chi connectivity index (χ2n) is 10.3. The van der Waals surface area contributed by atoms with Gasteiger partial charge in [0.25, 0.3) is 5.91 Å². The van der Waals surface area contributed by atoms with Crippen molar-refractivity contribution in [1.29, 1.82) is 0 Å². The van der Waals surface area contributed by atoms with Crippen LogP contribution in [0.2, 0.25) is 0 Å². The summed E-state index contributed by atoms with van der Waals surface area (Å²) < 4.78 is 50.1. The van der Waals surface area contributed by atoms with Crippen LogP contribution in [0.3, 0.4) is 0 Å². The maximum Gasteiger partial charge on any atom is 0.257 e. The molecule has 12 nitrogen and oxygen atoms in total. The van der Waals surface area contributed by atoms with Crippen molar-refractivity contribution >= 4 is 23.1 Å². The lowest BCUT2D eigenvalue weighted by Gasteiger charge is -2.36. The number of hydrogen-bond acceptors (Lipinski definition) is 8. The van der Waals surface area contributed by atoms with Crippen molar-refractivity contribution in [2.45, 2.75) is 37.5 Å². The number of carbonyl (C=O) groups excluding carboxylic acids is 2. The molecule has 4 aromatic rings. The number of ether oxygens (including phenoxy) is 1. The minimum atomic E-state index is -2.86. The van der Waals surface area contributed by atoms with E-state index < -0.39 is 48.7 Å². The molecule has 0 bridgehead atoms. The first-order chi connectivity index (χ1) is 19.6. The van der Waals surface area contributed by atoms with E-state index >= 15 is 0 Å². The van der Waals surface area contributed by atoms with Crippen LogP contribution in [0, 0.1) is 5.92 Å². The van der Waals surface area contributed by atoms with Gasteiger partial charge in [0.05, 0.1) is 38.3 Å². The summed E-state index contributed by atoms with van der Waals surface area (Å²) in [6.45, 7) is 0.0317. The quantitative estimate of drug-likeness (QED) is 0.344. The third-order valence-corrected chi connectivity index (χ3v) is 7.47. The largest absolute Gasteiger partial charge is 0.480 e.